The summed E-state index contributed by atoms with van der Waals surface area (Å²) in [6.45, 7) is 3.78. The van der Waals surface area contributed by atoms with Gasteiger partial charge in [0.1, 0.15) is 11.5 Å². The third-order valence-electron chi connectivity index (χ3n) is 4.56. The lowest BCUT2D eigenvalue weighted by molar-refractivity contribution is 0.0164. The van der Waals surface area contributed by atoms with Gasteiger partial charge in [-0.15, -0.1) is 0 Å². The second-order valence-corrected chi connectivity index (χ2v) is 6.43. The van der Waals surface area contributed by atoms with E-state index in [2.05, 4.69) is 24.3 Å². The highest BCUT2D eigenvalue weighted by atomic mass is 16.5. The van der Waals surface area contributed by atoms with Crippen LogP contribution in [0.3, 0.4) is 0 Å². The van der Waals surface area contributed by atoms with Gasteiger partial charge in [-0.05, 0) is 78.8 Å². The maximum absolute atomic E-state index is 10.4. The van der Waals surface area contributed by atoms with Crippen molar-refractivity contribution < 1.29 is 14.6 Å². The highest BCUT2D eigenvalue weighted by Gasteiger charge is 2.32. The second kappa shape index (κ2) is 4.92. The minimum Gasteiger partial charge on any atom is -0.497 e. The van der Waals surface area contributed by atoms with Crippen molar-refractivity contribution >= 4 is 10.8 Å². The molecule has 0 spiro atoms. The summed E-state index contributed by atoms with van der Waals surface area (Å²) >= 11 is 0. The molecule has 0 heterocycles. The largest absolute Gasteiger partial charge is 0.497 e. The van der Waals surface area contributed by atoms with E-state index in [-0.39, 0.29) is 5.92 Å². The van der Waals surface area contributed by atoms with Gasteiger partial charge in [-0.25, -0.2) is 0 Å². The molecule has 1 aliphatic rings. The fourth-order valence-corrected chi connectivity index (χ4v) is 3.30. The lowest BCUT2D eigenvalue weighted by Crippen LogP contribution is -2.35. The van der Waals surface area contributed by atoms with Gasteiger partial charge in [0.25, 0.3) is 0 Å². The van der Waals surface area contributed by atoms with E-state index in [1.54, 1.807) is 14.2 Å². The van der Waals surface area contributed by atoms with Crippen molar-refractivity contribution in [2.24, 2.45) is 5.92 Å². The first-order chi connectivity index (χ1) is 9.92. The number of rotatable bonds is 3. The van der Waals surface area contributed by atoms with E-state index in [4.69, 9.17) is 9.47 Å². The molecule has 21 heavy (non-hydrogen) atoms. The van der Waals surface area contributed by atoms with Crippen LogP contribution in [0.1, 0.15) is 25.0 Å². The lowest BCUT2D eigenvalue weighted by atomic mass is 9.75. The van der Waals surface area contributed by atoms with Crippen molar-refractivity contribution in [3.05, 3.63) is 35.4 Å². The van der Waals surface area contributed by atoms with Crippen LogP contribution in [-0.4, -0.2) is 24.9 Å². The molecule has 0 aromatic heterocycles. The Bertz CT molecular complexity index is 634. The Kier molecular flexibility index (Phi) is 3.33. The second-order valence-electron chi connectivity index (χ2n) is 6.43. The number of benzene rings is 2. The molecule has 0 radical (unpaired) electrons. The van der Waals surface area contributed by atoms with E-state index in [1.165, 1.54) is 16.5 Å². The van der Waals surface area contributed by atoms with Crippen molar-refractivity contribution in [1.82, 2.24) is 0 Å². The van der Waals surface area contributed by atoms with Crippen molar-refractivity contribution in [3.63, 3.8) is 0 Å². The smallest absolute Gasteiger partial charge is 0.119 e. The monoisotopic (exact) mass is 286 g/mol. The summed E-state index contributed by atoms with van der Waals surface area (Å²) in [6, 6.07) is 8.29. The van der Waals surface area contributed by atoms with Crippen LogP contribution in [0.25, 0.3) is 10.8 Å². The molecule has 2 aromatic rings. The van der Waals surface area contributed by atoms with Crippen molar-refractivity contribution in [3.8, 4) is 11.5 Å². The summed E-state index contributed by atoms with van der Waals surface area (Å²) in [7, 11) is 3.37. The van der Waals surface area contributed by atoms with Gasteiger partial charge in [-0.2, -0.15) is 0 Å². The summed E-state index contributed by atoms with van der Waals surface area (Å²) < 4.78 is 10.8. The molecule has 112 valence electrons. The Morgan fingerprint density at radius 2 is 1.43 bits per heavy atom. The van der Waals surface area contributed by atoms with Crippen LogP contribution >= 0.6 is 0 Å². The van der Waals surface area contributed by atoms with Crippen molar-refractivity contribution in [1.29, 1.82) is 0 Å². The molecule has 1 aliphatic carbocycles. The maximum Gasteiger partial charge on any atom is 0.119 e. The van der Waals surface area contributed by atoms with Gasteiger partial charge in [0.05, 0.1) is 19.8 Å². The molecule has 0 saturated heterocycles. The van der Waals surface area contributed by atoms with Gasteiger partial charge in [0.2, 0.25) is 0 Å². The number of ether oxygens (including phenoxy) is 2. The minimum atomic E-state index is -0.698. The fourth-order valence-electron chi connectivity index (χ4n) is 3.30. The third-order valence-corrected chi connectivity index (χ3v) is 4.56. The molecule has 0 atom stereocenters. The molecule has 3 nitrogen and oxygen atoms in total. The Hall–Kier alpha value is -1.74. The molecule has 0 fully saturated rings. The Morgan fingerprint density at radius 3 is 1.81 bits per heavy atom. The summed E-state index contributed by atoms with van der Waals surface area (Å²) in [4.78, 5) is 0. The molecule has 0 saturated carbocycles. The van der Waals surface area contributed by atoms with Crippen LogP contribution in [0.15, 0.2) is 24.3 Å². The molecule has 0 amide bonds. The topological polar surface area (TPSA) is 38.7 Å². The molecular weight excluding hydrogens is 264 g/mol. The molecule has 3 heteroatoms. The standard InChI is InChI=1S/C18H22O3/c1-18(2,19)14-5-11-7-15(20-3)9-13-10-16(21-4)8-12(6-14)17(11)13/h7-10,14,19H,5-6H2,1-4H3. The molecule has 0 bridgehead atoms. The Morgan fingerprint density at radius 1 is 0.952 bits per heavy atom. The lowest BCUT2D eigenvalue weighted by Gasteiger charge is -2.34. The van der Waals surface area contributed by atoms with Gasteiger partial charge in [0, 0.05) is 0 Å². The van der Waals surface area contributed by atoms with Crippen LogP contribution in [0.5, 0.6) is 11.5 Å². The summed E-state index contributed by atoms with van der Waals surface area (Å²) in [6.07, 6.45) is 1.74. The van der Waals surface area contributed by atoms with Gasteiger partial charge >= 0.3 is 0 Å². The van der Waals surface area contributed by atoms with Crippen LogP contribution in [0.4, 0.5) is 0 Å². The fraction of sp³-hybridized carbons (Fsp3) is 0.444. The van der Waals surface area contributed by atoms with Crippen LogP contribution in [0.2, 0.25) is 0 Å². The first-order valence-corrected chi connectivity index (χ1v) is 7.32. The van der Waals surface area contributed by atoms with Crippen LogP contribution < -0.4 is 9.47 Å². The average molecular weight is 286 g/mol. The average Bonchev–Trinajstić information content (AvgIpc) is 2.45. The predicted octanol–water partition coefficient (Wildman–Crippen LogP) is 3.34. The number of hydrogen-bond acceptors (Lipinski definition) is 3. The van der Waals surface area contributed by atoms with Crippen LogP contribution in [-0.2, 0) is 12.8 Å². The summed E-state index contributed by atoms with van der Waals surface area (Å²) in [5.41, 5.74) is 1.80. The molecular formula is C18H22O3. The molecule has 0 aliphatic heterocycles. The Labute approximate surface area is 125 Å². The van der Waals surface area contributed by atoms with Gasteiger partial charge in [-0.3, -0.25) is 0 Å². The zero-order valence-corrected chi connectivity index (χ0v) is 13.1. The van der Waals surface area contributed by atoms with E-state index in [9.17, 15) is 5.11 Å². The van der Waals surface area contributed by atoms with E-state index in [1.807, 2.05) is 13.8 Å². The molecule has 2 aromatic carbocycles. The number of aliphatic hydroxyl groups is 1. The molecule has 0 unspecified atom stereocenters. The minimum absolute atomic E-state index is 0.201. The van der Waals surface area contributed by atoms with Gasteiger partial charge in [-0.1, -0.05) is 0 Å². The predicted molar refractivity (Wildman–Crippen MR) is 84.2 cm³/mol. The SMILES string of the molecule is COc1cc2c3c(cc(OC)cc3c1)CC(C(C)(C)O)C2. The van der Waals surface area contributed by atoms with Crippen molar-refractivity contribution in [2.45, 2.75) is 32.3 Å². The maximum atomic E-state index is 10.4. The van der Waals surface area contributed by atoms with Gasteiger partial charge < -0.3 is 14.6 Å². The summed E-state index contributed by atoms with van der Waals surface area (Å²) in [5, 5.41) is 12.8. The highest BCUT2D eigenvalue weighted by Crippen LogP contribution is 2.40. The Balaban J connectivity index is 2.22. The summed E-state index contributed by atoms with van der Waals surface area (Å²) in [5.74, 6) is 1.91. The van der Waals surface area contributed by atoms with Crippen LogP contribution in [0, 0.1) is 5.92 Å². The number of hydrogen-bond donors (Lipinski definition) is 1. The van der Waals surface area contributed by atoms with E-state index in [0.717, 1.165) is 29.7 Å². The first-order valence-electron chi connectivity index (χ1n) is 7.32. The first kappa shape index (κ1) is 14.2. The quantitative estimate of drug-likeness (QED) is 0.940. The number of methoxy groups -OCH3 is 2. The van der Waals surface area contributed by atoms with Crippen molar-refractivity contribution in [2.75, 3.05) is 14.2 Å². The van der Waals surface area contributed by atoms with E-state index in [0.29, 0.717) is 0 Å². The molecule has 3 rings (SSSR count). The zero-order chi connectivity index (χ0) is 15.2. The third kappa shape index (κ3) is 2.46. The van der Waals surface area contributed by atoms with E-state index >= 15 is 0 Å². The highest BCUT2D eigenvalue weighted by molar-refractivity contribution is 5.92. The van der Waals surface area contributed by atoms with E-state index < -0.39 is 5.60 Å². The normalized spacial score (nSPS) is 15.3. The van der Waals surface area contributed by atoms with Gasteiger partial charge in [0.15, 0.2) is 0 Å². The molecule has 1 N–H and O–H groups in total. The zero-order valence-electron chi connectivity index (χ0n) is 13.1.